The molecule has 1 saturated heterocycles. The number of amides is 2. The molecule has 0 bridgehead atoms. The van der Waals surface area contributed by atoms with Crippen molar-refractivity contribution in [1.82, 2.24) is 10.2 Å². The summed E-state index contributed by atoms with van der Waals surface area (Å²) in [5.74, 6) is 0.0836. The zero-order valence-corrected chi connectivity index (χ0v) is 13.1. The average molecular weight is 306 g/mol. The van der Waals surface area contributed by atoms with Crippen LogP contribution in [0.1, 0.15) is 37.7 Å². The third-order valence-electron chi connectivity index (χ3n) is 4.25. The molecular formula is C17H26N2O3. The van der Waals surface area contributed by atoms with Crippen molar-refractivity contribution in [1.29, 1.82) is 0 Å². The molecule has 0 spiro atoms. The van der Waals surface area contributed by atoms with Gasteiger partial charge in [-0.25, -0.2) is 4.79 Å². The Morgan fingerprint density at radius 1 is 1.41 bits per heavy atom. The first-order chi connectivity index (χ1) is 10.6. The van der Waals surface area contributed by atoms with E-state index >= 15 is 0 Å². The van der Waals surface area contributed by atoms with Crippen LogP contribution in [-0.4, -0.2) is 53.0 Å². The molecule has 3 atom stereocenters. The van der Waals surface area contributed by atoms with E-state index in [1.807, 2.05) is 30.3 Å². The number of carbonyl (C=O) groups excluding carboxylic acids is 1. The minimum absolute atomic E-state index is 0.0171. The molecule has 1 fully saturated rings. The molecule has 5 heteroatoms. The van der Waals surface area contributed by atoms with Crippen molar-refractivity contribution in [3.63, 3.8) is 0 Å². The zero-order valence-electron chi connectivity index (χ0n) is 13.1. The molecule has 5 nitrogen and oxygen atoms in total. The van der Waals surface area contributed by atoms with Gasteiger partial charge >= 0.3 is 6.03 Å². The number of urea groups is 1. The standard InChI is InChI=1S/C17H26N2O3/c1-13(21)10-15(14-6-3-2-4-7-14)11-18-17(22)19-9-5-8-16(19)12-20/h2-4,6-7,13,15-16,20-21H,5,8-12H2,1H3,(H,18,22)/t13-,15-,16+/m0/s1. The van der Waals surface area contributed by atoms with Crippen molar-refractivity contribution in [3.8, 4) is 0 Å². The van der Waals surface area contributed by atoms with Crippen molar-refractivity contribution < 1.29 is 15.0 Å². The van der Waals surface area contributed by atoms with Gasteiger partial charge in [0.1, 0.15) is 0 Å². The van der Waals surface area contributed by atoms with Crippen LogP contribution in [0.25, 0.3) is 0 Å². The van der Waals surface area contributed by atoms with Gasteiger partial charge in [-0.15, -0.1) is 0 Å². The highest BCUT2D eigenvalue weighted by Crippen LogP contribution is 2.21. The molecule has 0 radical (unpaired) electrons. The molecule has 2 amide bonds. The maximum Gasteiger partial charge on any atom is 0.317 e. The number of nitrogens with zero attached hydrogens (tertiary/aromatic N) is 1. The first-order valence-electron chi connectivity index (χ1n) is 8.00. The van der Waals surface area contributed by atoms with E-state index in [9.17, 15) is 15.0 Å². The molecule has 1 aromatic carbocycles. The van der Waals surface area contributed by atoms with Gasteiger partial charge in [0.15, 0.2) is 0 Å². The van der Waals surface area contributed by atoms with Gasteiger partial charge in [-0.1, -0.05) is 30.3 Å². The number of aliphatic hydroxyl groups excluding tert-OH is 2. The van der Waals surface area contributed by atoms with E-state index < -0.39 is 6.10 Å². The summed E-state index contributed by atoms with van der Waals surface area (Å²) < 4.78 is 0. The second kappa shape index (κ2) is 8.15. The number of nitrogens with one attached hydrogen (secondary N) is 1. The summed E-state index contributed by atoms with van der Waals surface area (Å²) in [7, 11) is 0. The van der Waals surface area contributed by atoms with Gasteiger partial charge in [-0.2, -0.15) is 0 Å². The summed E-state index contributed by atoms with van der Waals surface area (Å²) in [4.78, 5) is 14.0. The molecule has 122 valence electrons. The Hall–Kier alpha value is -1.59. The molecule has 0 unspecified atom stereocenters. The molecule has 0 aliphatic carbocycles. The molecule has 0 aromatic heterocycles. The molecule has 1 aliphatic heterocycles. The van der Waals surface area contributed by atoms with Crippen LogP contribution in [0.4, 0.5) is 4.79 Å². The summed E-state index contributed by atoms with van der Waals surface area (Å²) in [6.45, 7) is 2.97. The third-order valence-corrected chi connectivity index (χ3v) is 4.25. The maximum atomic E-state index is 12.3. The Morgan fingerprint density at radius 3 is 2.77 bits per heavy atom. The number of aliphatic hydroxyl groups is 2. The van der Waals surface area contributed by atoms with Crippen LogP contribution in [0.3, 0.4) is 0 Å². The van der Waals surface area contributed by atoms with E-state index in [1.165, 1.54) is 0 Å². The Kier molecular flexibility index (Phi) is 6.21. The number of carbonyl (C=O) groups is 1. The average Bonchev–Trinajstić information content (AvgIpc) is 3.00. The van der Waals surface area contributed by atoms with Crippen LogP contribution >= 0.6 is 0 Å². The van der Waals surface area contributed by atoms with Gasteiger partial charge in [0.2, 0.25) is 0 Å². The fourth-order valence-electron chi connectivity index (χ4n) is 3.08. The quantitative estimate of drug-likeness (QED) is 0.749. The van der Waals surface area contributed by atoms with Crippen molar-refractivity contribution in [2.75, 3.05) is 19.7 Å². The van der Waals surface area contributed by atoms with Crippen molar-refractivity contribution in [2.24, 2.45) is 0 Å². The van der Waals surface area contributed by atoms with E-state index in [2.05, 4.69) is 5.32 Å². The summed E-state index contributed by atoms with van der Waals surface area (Å²) in [6.07, 6.45) is 1.99. The van der Waals surface area contributed by atoms with E-state index in [4.69, 9.17) is 0 Å². The summed E-state index contributed by atoms with van der Waals surface area (Å²) >= 11 is 0. The van der Waals surface area contributed by atoms with Crippen LogP contribution in [0.2, 0.25) is 0 Å². The lowest BCUT2D eigenvalue weighted by Crippen LogP contribution is -2.45. The van der Waals surface area contributed by atoms with Gasteiger partial charge in [0.05, 0.1) is 18.8 Å². The predicted octanol–water partition coefficient (Wildman–Crippen LogP) is 1.71. The first kappa shape index (κ1) is 16.8. The van der Waals surface area contributed by atoms with E-state index in [1.54, 1.807) is 11.8 Å². The Balaban J connectivity index is 1.95. The monoisotopic (exact) mass is 306 g/mol. The van der Waals surface area contributed by atoms with Gasteiger partial charge in [-0.3, -0.25) is 0 Å². The van der Waals surface area contributed by atoms with Crippen LogP contribution in [-0.2, 0) is 0 Å². The second-order valence-corrected chi connectivity index (χ2v) is 6.05. The minimum atomic E-state index is -0.418. The SMILES string of the molecule is C[C@H](O)C[C@@H](CNC(=O)N1CCC[C@@H]1CO)c1ccccc1. The fraction of sp³-hybridized carbons (Fsp3) is 0.588. The predicted molar refractivity (Wildman–Crippen MR) is 85.7 cm³/mol. The normalized spacial score (nSPS) is 20.7. The topological polar surface area (TPSA) is 72.8 Å². The third kappa shape index (κ3) is 4.45. The Morgan fingerprint density at radius 2 is 2.14 bits per heavy atom. The number of hydrogen-bond acceptors (Lipinski definition) is 3. The van der Waals surface area contributed by atoms with Crippen LogP contribution < -0.4 is 5.32 Å². The van der Waals surface area contributed by atoms with Gasteiger partial charge < -0.3 is 20.4 Å². The number of benzene rings is 1. The molecule has 1 aliphatic rings. The fourth-order valence-corrected chi connectivity index (χ4v) is 3.08. The molecule has 22 heavy (non-hydrogen) atoms. The summed E-state index contributed by atoms with van der Waals surface area (Å²) in [5.41, 5.74) is 1.11. The molecular weight excluding hydrogens is 280 g/mol. The maximum absolute atomic E-state index is 12.3. The van der Waals surface area contributed by atoms with Crippen molar-refractivity contribution >= 4 is 6.03 Å². The highest BCUT2D eigenvalue weighted by atomic mass is 16.3. The van der Waals surface area contributed by atoms with Gasteiger partial charge in [-0.05, 0) is 31.7 Å². The largest absolute Gasteiger partial charge is 0.394 e. The minimum Gasteiger partial charge on any atom is -0.394 e. The molecule has 2 rings (SSSR count). The number of hydrogen-bond donors (Lipinski definition) is 3. The lowest BCUT2D eigenvalue weighted by molar-refractivity contribution is 0.153. The molecule has 1 aromatic rings. The first-order valence-corrected chi connectivity index (χ1v) is 8.00. The zero-order chi connectivity index (χ0) is 15.9. The second-order valence-electron chi connectivity index (χ2n) is 6.05. The van der Waals surface area contributed by atoms with Crippen molar-refractivity contribution in [2.45, 2.75) is 44.2 Å². The van der Waals surface area contributed by atoms with Crippen LogP contribution in [0, 0.1) is 0 Å². The smallest absolute Gasteiger partial charge is 0.317 e. The van der Waals surface area contributed by atoms with Gasteiger partial charge in [0, 0.05) is 19.0 Å². The van der Waals surface area contributed by atoms with Crippen LogP contribution in [0.15, 0.2) is 30.3 Å². The Labute approximate surface area is 131 Å². The van der Waals surface area contributed by atoms with E-state index in [0.29, 0.717) is 19.5 Å². The highest BCUT2D eigenvalue weighted by Gasteiger charge is 2.28. The Bertz CT molecular complexity index is 464. The van der Waals surface area contributed by atoms with Gasteiger partial charge in [0.25, 0.3) is 0 Å². The molecule has 3 N–H and O–H groups in total. The summed E-state index contributed by atoms with van der Waals surface area (Å²) in [6, 6.07) is 9.74. The number of rotatable bonds is 6. The van der Waals surface area contributed by atoms with Crippen LogP contribution in [0.5, 0.6) is 0 Å². The lowest BCUT2D eigenvalue weighted by atomic mass is 9.93. The van der Waals surface area contributed by atoms with E-state index in [0.717, 1.165) is 18.4 Å². The highest BCUT2D eigenvalue weighted by molar-refractivity contribution is 5.75. The summed E-state index contributed by atoms with van der Waals surface area (Å²) in [5, 5.41) is 21.9. The lowest BCUT2D eigenvalue weighted by Gasteiger charge is -2.25. The number of likely N-dealkylation sites (tertiary alicyclic amines) is 1. The molecule has 1 heterocycles. The van der Waals surface area contributed by atoms with E-state index in [-0.39, 0.29) is 24.6 Å². The van der Waals surface area contributed by atoms with Crippen molar-refractivity contribution in [3.05, 3.63) is 35.9 Å². The molecule has 0 saturated carbocycles.